The number of anilines is 1. The van der Waals surface area contributed by atoms with Crippen molar-refractivity contribution in [3.8, 4) is 0 Å². The Morgan fingerprint density at radius 1 is 1.28 bits per heavy atom. The Bertz CT molecular complexity index is 545. The maximum absolute atomic E-state index is 5.96. The predicted octanol–water partition coefficient (Wildman–Crippen LogP) is 2.48. The average molecular weight is 263 g/mol. The van der Waals surface area contributed by atoms with Crippen LogP contribution in [0.5, 0.6) is 0 Å². The normalized spacial score (nSPS) is 20.3. The van der Waals surface area contributed by atoms with Gasteiger partial charge in [0, 0.05) is 31.4 Å². The van der Waals surface area contributed by atoms with Crippen LogP contribution in [0.4, 0.5) is 5.82 Å². The highest BCUT2D eigenvalue weighted by Gasteiger charge is 2.20. The molecule has 0 bridgehead atoms. The molecule has 0 saturated carbocycles. The summed E-state index contributed by atoms with van der Waals surface area (Å²) in [5.74, 6) is 2.28. The van der Waals surface area contributed by atoms with E-state index in [0.717, 1.165) is 30.3 Å². The molecule has 1 saturated heterocycles. The van der Waals surface area contributed by atoms with E-state index in [4.69, 9.17) is 11.6 Å². The second-order valence-electron chi connectivity index (χ2n) is 4.68. The topological polar surface area (TPSA) is 41.9 Å². The van der Waals surface area contributed by atoms with E-state index in [9.17, 15) is 0 Å². The van der Waals surface area contributed by atoms with Crippen molar-refractivity contribution in [1.29, 1.82) is 0 Å². The van der Waals surface area contributed by atoms with Gasteiger partial charge in [0.2, 0.25) is 0 Å². The summed E-state index contributed by atoms with van der Waals surface area (Å²) in [7, 11) is 0. The number of nitrogens with zero attached hydrogens (tertiary/aromatic N) is 4. The van der Waals surface area contributed by atoms with Gasteiger partial charge >= 0.3 is 0 Å². The second-order valence-corrected chi connectivity index (χ2v) is 4.99. The first-order chi connectivity index (χ1) is 8.86. The van der Waals surface area contributed by atoms with E-state index in [-0.39, 0.29) is 0 Å². The van der Waals surface area contributed by atoms with Crippen LogP contribution in [-0.2, 0) is 0 Å². The van der Waals surface area contributed by atoms with Crippen molar-refractivity contribution < 1.29 is 0 Å². The molecule has 4 nitrogen and oxygen atoms in total. The van der Waals surface area contributed by atoms with Crippen LogP contribution in [-0.4, -0.2) is 33.9 Å². The summed E-state index contributed by atoms with van der Waals surface area (Å²) in [5, 5.41) is 0. The predicted molar refractivity (Wildman–Crippen MR) is 73.0 cm³/mol. The van der Waals surface area contributed by atoms with Crippen LogP contribution < -0.4 is 4.90 Å². The molecule has 0 radical (unpaired) electrons. The van der Waals surface area contributed by atoms with Crippen molar-refractivity contribution in [2.45, 2.75) is 12.8 Å². The third kappa shape index (κ3) is 2.25. The molecule has 0 N–H and O–H groups in total. The molecule has 2 aromatic heterocycles. The molecule has 5 heteroatoms. The van der Waals surface area contributed by atoms with Gasteiger partial charge in [0.25, 0.3) is 0 Å². The molecular formula is C13H15ClN4. The molecule has 1 atom stereocenters. The van der Waals surface area contributed by atoms with Gasteiger partial charge < -0.3 is 4.90 Å². The molecule has 94 valence electrons. The largest absolute Gasteiger partial charge is 0.356 e. The van der Waals surface area contributed by atoms with Crippen LogP contribution in [0.2, 0.25) is 0 Å². The zero-order chi connectivity index (χ0) is 12.4. The van der Waals surface area contributed by atoms with Gasteiger partial charge in [0.1, 0.15) is 11.3 Å². The summed E-state index contributed by atoms with van der Waals surface area (Å²) in [6.45, 7) is 2.04. The van der Waals surface area contributed by atoms with Gasteiger partial charge in [-0.05, 0) is 30.9 Å². The molecule has 0 aromatic carbocycles. The number of hydrogen-bond donors (Lipinski definition) is 0. The summed E-state index contributed by atoms with van der Waals surface area (Å²) in [4.78, 5) is 15.4. The molecule has 3 heterocycles. The number of aromatic nitrogens is 3. The van der Waals surface area contributed by atoms with Crippen LogP contribution in [0.25, 0.3) is 11.2 Å². The van der Waals surface area contributed by atoms with Crippen molar-refractivity contribution in [3.63, 3.8) is 0 Å². The standard InChI is InChI=1S/C13H15ClN4/c14-8-10-2-1-7-18(9-10)12-4-3-11-13(17-12)16-6-5-15-11/h3-6,10H,1-2,7-9H2. The lowest BCUT2D eigenvalue weighted by Gasteiger charge is -2.32. The first-order valence-corrected chi connectivity index (χ1v) is 6.79. The van der Waals surface area contributed by atoms with Gasteiger partial charge in [0.15, 0.2) is 5.65 Å². The quantitative estimate of drug-likeness (QED) is 0.780. The van der Waals surface area contributed by atoms with Gasteiger partial charge in [-0.1, -0.05) is 0 Å². The molecule has 0 amide bonds. The summed E-state index contributed by atoms with van der Waals surface area (Å²) in [5.41, 5.74) is 1.55. The Balaban J connectivity index is 1.89. The van der Waals surface area contributed by atoms with Crippen LogP contribution in [0.15, 0.2) is 24.5 Å². The van der Waals surface area contributed by atoms with E-state index in [0.29, 0.717) is 11.6 Å². The number of rotatable bonds is 2. The molecule has 18 heavy (non-hydrogen) atoms. The number of alkyl halides is 1. The zero-order valence-electron chi connectivity index (χ0n) is 10.1. The van der Waals surface area contributed by atoms with Crippen molar-refractivity contribution in [3.05, 3.63) is 24.5 Å². The van der Waals surface area contributed by atoms with Crippen LogP contribution in [0.1, 0.15) is 12.8 Å². The Labute approximate surface area is 111 Å². The molecule has 1 unspecified atom stereocenters. The summed E-state index contributed by atoms with van der Waals surface area (Å²) in [6, 6.07) is 4.00. The van der Waals surface area contributed by atoms with E-state index in [1.807, 2.05) is 12.1 Å². The van der Waals surface area contributed by atoms with E-state index >= 15 is 0 Å². The van der Waals surface area contributed by atoms with Crippen molar-refractivity contribution in [2.75, 3.05) is 23.9 Å². The minimum absolute atomic E-state index is 0.569. The molecule has 0 aliphatic carbocycles. The number of piperidine rings is 1. The van der Waals surface area contributed by atoms with E-state index in [1.165, 1.54) is 12.8 Å². The number of halogens is 1. The zero-order valence-corrected chi connectivity index (χ0v) is 10.8. The third-order valence-electron chi connectivity index (χ3n) is 3.38. The minimum atomic E-state index is 0.569. The maximum Gasteiger partial charge on any atom is 0.180 e. The first kappa shape index (κ1) is 11.7. The van der Waals surface area contributed by atoms with E-state index in [1.54, 1.807) is 12.4 Å². The van der Waals surface area contributed by atoms with Crippen LogP contribution in [0, 0.1) is 5.92 Å². The Hall–Kier alpha value is -1.42. The van der Waals surface area contributed by atoms with Crippen molar-refractivity contribution >= 4 is 28.6 Å². The molecule has 2 aromatic rings. The molecule has 1 aliphatic heterocycles. The molecule has 1 aliphatic rings. The lowest BCUT2D eigenvalue weighted by molar-refractivity contribution is 0.449. The SMILES string of the molecule is ClCC1CCCN(c2ccc3nccnc3n2)C1. The number of fused-ring (bicyclic) bond motifs is 1. The fourth-order valence-corrected chi connectivity index (χ4v) is 2.67. The highest BCUT2D eigenvalue weighted by Crippen LogP contribution is 2.23. The molecule has 0 spiro atoms. The summed E-state index contributed by atoms with van der Waals surface area (Å²) >= 11 is 5.96. The lowest BCUT2D eigenvalue weighted by atomic mass is 10.0. The van der Waals surface area contributed by atoms with Crippen molar-refractivity contribution in [1.82, 2.24) is 15.0 Å². The molecule has 1 fully saturated rings. The summed E-state index contributed by atoms with van der Waals surface area (Å²) < 4.78 is 0. The smallest absolute Gasteiger partial charge is 0.180 e. The van der Waals surface area contributed by atoms with E-state index < -0.39 is 0 Å². The highest BCUT2D eigenvalue weighted by atomic mass is 35.5. The monoisotopic (exact) mass is 262 g/mol. The first-order valence-electron chi connectivity index (χ1n) is 6.25. The van der Waals surface area contributed by atoms with Gasteiger partial charge in [-0.2, -0.15) is 0 Å². The fraction of sp³-hybridized carbons (Fsp3) is 0.462. The Morgan fingerprint density at radius 3 is 3.06 bits per heavy atom. The van der Waals surface area contributed by atoms with Gasteiger partial charge in [0.05, 0.1) is 0 Å². The molecular weight excluding hydrogens is 248 g/mol. The van der Waals surface area contributed by atoms with Crippen LogP contribution >= 0.6 is 11.6 Å². The second kappa shape index (κ2) is 5.06. The minimum Gasteiger partial charge on any atom is -0.356 e. The number of hydrogen-bond acceptors (Lipinski definition) is 4. The van der Waals surface area contributed by atoms with Crippen molar-refractivity contribution in [2.24, 2.45) is 5.92 Å². The third-order valence-corrected chi connectivity index (χ3v) is 3.81. The fourth-order valence-electron chi connectivity index (χ4n) is 2.42. The average Bonchev–Trinajstić information content (AvgIpc) is 2.47. The van der Waals surface area contributed by atoms with E-state index in [2.05, 4.69) is 19.9 Å². The maximum atomic E-state index is 5.96. The molecule has 3 rings (SSSR count). The summed E-state index contributed by atoms with van der Waals surface area (Å²) in [6.07, 6.45) is 5.76. The van der Waals surface area contributed by atoms with Gasteiger partial charge in [-0.3, -0.25) is 4.98 Å². The Morgan fingerprint density at radius 2 is 2.17 bits per heavy atom. The number of pyridine rings is 1. The van der Waals surface area contributed by atoms with Gasteiger partial charge in [-0.25, -0.2) is 9.97 Å². The lowest BCUT2D eigenvalue weighted by Crippen LogP contribution is -2.36. The Kier molecular flexibility index (Phi) is 3.28. The van der Waals surface area contributed by atoms with Crippen LogP contribution in [0.3, 0.4) is 0 Å². The van der Waals surface area contributed by atoms with Gasteiger partial charge in [-0.15, -0.1) is 11.6 Å². The highest BCUT2D eigenvalue weighted by molar-refractivity contribution is 6.18.